The van der Waals surface area contributed by atoms with Crippen molar-refractivity contribution in [1.82, 2.24) is 24.2 Å². The number of hydrogen-bond donors (Lipinski definition) is 0. The molecular weight excluding hydrogens is 390 g/mol. The molecule has 1 unspecified atom stereocenters. The predicted molar refractivity (Wildman–Crippen MR) is 109 cm³/mol. The number of nitrogens with zero attached hydrogens (tertiary/aromatic N) is 5. The van der Waals surface area contributed by atoms with Crippen LogP contribution in [0, 0.1) is 12.8 Å². The lowest BCUT2D eigenvalue weighted by Gasteiger charge is -2.20. The van der Waals surface area contributed by atoms with Crippen molar-refractivity contribution in [3.05, 3.63) is 29.3 Å². The molecule has 0 aromatic carbocycles. The lowest BCUT2D eigenvalue weighted by Crippen LogP contribution is -2.25. The highest BCUT2D eigenvalue weighted by Gasteiger charge is 2.33. The summed E-state index contributed by atoms with van der Waals surface area (Å²) in [6, 6.07) is 0. The van der Waals surface area contributed by atoms with Crippen LogP contribution in [-0.2, 0) is 41.3 Å². The molecule has 1 saturated carbocycles. The van der Waals surface area contributed by atoms with Gasteiger partial charge in [-0.3, -0.25) is 9.58 Å². The summed E-state index contributed by atoms with van der Waals surface area (Å²) in [5.41, 5.74) is 3.10. The van der Waals surface area contributed by atoms with E-state index in [2.05, 4.69) is 15.0 Å². The zero-order chi connectivity index (χ0) is 20.6. The molecule has 2 aliphatic rings. The minimum absolute atomic E-state index is 0.0590. The Bertz CT molecular complexity index is 955. The summed E-state index contributed by atoms with van der Waals surface area (Å²) in [4.78, 5) is 6.54. The second-order valence-corrected chi connectivity index (χ2v) is 10.5. The number of sulfone groups is 1. The molecule has 2 fully saturated rings. The molecular formula is C20H31N5O3S. The van der Waals surface area contributed by atoms with Gasteiger partial charge in [-0.25, -0.2) is 13.4 Å². The fourth-order valence-electron chi connectivity index (χ4n) is 4.05. The van der Waals surface area contributed by atoms with Gasteiger partial charge in [-0.15, -0.1) is 0 Å². The first-order chi connectivity index (χ1) is 13.8. The van der Waals surface area contributed by atoms with Gasteiger partial charge >= 0.3 is 0 Å². The minimum Gasteiger partial charge on any atom is -0.376 e. The van der Waals surface area contributed by atoms with Crippen LogP contribution in [0.1, 0.15) is 42.6 Å². The molecule has 0 spiro atoms. The Morgan fingerprint density at radius 2 is 2.07 bits per heavy atom. The highest BCUT2D eigenvalue weighted by Crippen LogP contribution is 2.32. The Hall–Kier alpha value is -1.71. The Balaban J connectivity index is 1.55. The van der Waals surface area contributed by atoms with Crippen LogP contribution >= 0.6 is 0 Å². The van der Waals surface area contributed by atoms with Crippen LogP contribution in [0.2, 0.25) is 0 Å². The number of hydrogen-bond acceptors (Lipinski definition) is 6. The van der Waals surface area contributed by atoms with E-state index in [1.165, 1.54) is 5.56 Å². The first kappa shape index (κ1) is 20.6. The lowest BCUT2D eigenvalue weighted by molar-refractivity contribution is 0.0934. The van der Waals surface area contributed by atoms with Gasteiger partial charge < -0.3 is 9.30 Å². The van der Waals surface area contributed by atoms with E-state index in [-0.39, 0.29) is 17.0 Å². The number of rotatable bonds is 9. The molecule has 0 N–H and O–H groups in total. The molecule has 0 bridgehead atoms. The van der Waals surface area contributed by atoms with Gasteiger partial charge in [-0.1, -0.05) is 0 Å². The third-order valence-electron chi connectivity index (χ3n) is 5.73. The van der Waals surface area contributed by atoms with Gasteiger partial charge in [0.15, 0.2) is 0 Å². The van der Waals surface area contributed by atoms with Crippen LogP contribution in [0.3, 0.4) is 0 Å². The Kier molecular flexibility index (Phi) is 5.81. The summed E-state index contributed by atoms with van der Waals surface area (Å²) < 4.78 is 35.4. The Morgan fingerprint density at radius 1 is 1.28 bits per heavy atom. The third kappa shape index (κ3) is 4.90. The maximum atomic E-state index is 13.0. The lowest BCUT2D eigenvalue weighted by atomic mass is 10.2. The highest BCUT2D eigenvalue weighted by molar-refractivity contribution is 7.91. The quantitative estimate of drug-likeness (QED) is 0.615. The molecule has 1 saturated heterocycles. The van der Waals surface area contributed by atoms with Crippen molar-refractivity contribution in [3.63, 3.8) is 0 Å². The van der Waals surface area contributed by atoms with Crippen molar-refractivity contribution in [2.24, 2.45) is 13.0 Å². The van der Waals surface area contributed by atoms with E-state index in [4.69, 9.17) is 4.74 Å². The first-order valence-electron chi connectivity index (χ1n) is 10.4. The topological polar surface area (TPSA) is 82.3 Å². The second-order valence-electron chi connectivity index (χ2n) is 8.59. The maximum absolute atomic E-state index is 13.0. The van der Waals surface area contributed by atoms with Gasteiger partial charge in [0, 0.05) is 38.5 Å². The molecule has 0 radical (unpaired) electrons. The second kappa shape index (κ2) is 8.20. The van der Waals surface area contributed by atoms with Crippen molar-refractivity contribution in [1.29, 1.82) is 0 Å². The van der Waals surface area contributed by atoms with E-state index >= 15 is 0 Å². The van der Waals surface area contributed by atoms with Gasteiger partial charge in [-0.2, -0.15) is 5.10 Å². The zero-order valence-corrected chi connectivity index (χ0v) is 18.4. The molecule has 160 valence electrons. The number of imidazole rings is 1. The van der Waals surface area contributed by atoms with Gasteiger partial charge in [0.25, 0.3) is 0 Å². The van der Waals surface area contributed by atoms with E-state index in [1.807, 2.05) is 36.5 Å². The SMILES string of the molecule is Cc1nn(C)cc1CN(C)Cc1cnc(S(=O)(=O)CC2CC2)n1CC1CCCO1. The van der Waals surface area contributed by atoms with E-state index in [9.17, 15) is 8.42 Å². The molecule has 2 aromatic rings. The molecule has 29 heavy (non-hydrogen) atoms. The average molecular weight is 422 g/mol. The van der Waals surface area contributed by atoms with Crippen molar-refractivity contribution < 1.29 is 13.2 Å². The molecule has 4 rings (SSSR count). The van der Waals surface area contributed by atoms with Crippen molar-refractivity contribution in [2.75, 3.05) is 19.4 Å². The summed E-state index contributed by atoms with van der Waals surface area (Å²) in [5, 5.41) is 4.61. The largest absolute Gasteiger partial charge is 0.376 e. The van der Waals surface area contributed by atoms with Crippen LogP contribution in [0.25, 0.3) is 0 Å². The fraction of sp³-hybridized carbons (Fsp3) is 0.700. The van der Waals surface area contributed by atoms with Crippen LogP contribution < -0.4 is 0 Å². The van der Waals surface area contributed by atoms with Crippen LogP contribution in [-0.4, -0.2) is 58.2 Å². The van der Waals surface area contributed by atoms with E-state index in [0.29, 0.717) is 19.0 Å². The summed E-state index contributed by atoms with van der Waals surface area (Å²) in [6.07, 6.45) is 7.81. The van der Waals surface area contributed by atoms with Crippen molar-refractivity contribution in [3.8, 4) is 0 Å². The van der Waals surface area contributed by atoms with E-state index in [1.54, 1.807) is 6.20 Å². The number of ether oxygens (including phenoxy) is 1. The van der Waals surface area contributed by atoms with Crippen molar-refractivity contribution in [2.45, 2.75) is 63.5 Å². The molecule has 1 atom stereocenters. The fourth-order valence-corrected chi connectivity index (χ4v) is 5.89. The van der Waals surface area contributed by atoms with E-state index in [0.717, 1.165) is 50.2 Å². The molecule has 1 aliphatic carbocycles. The molecule has 1 aliphatic heterocycles. The Labute approximate surface area is 172 Å². The summed E-state index contributed by atoms with van der Waals surface area (Å²) in [6.45, 7) is 4.67. The summed E-state index contributed by atoms with van der Waals surface area (Å²) in [7, 11) is 0.575. The van der Waals surface area contributed by atoms with Crippen molar-refractivity contribution >= 4 is 9.84 Å². The smallest absolute Gasteiger partial charge is 0.227 e. The van der Waals surface area contributed by atoms with Crippen LogP contribution in [0.15, 0.2) is 17.6 Å². The van der Waals surface area contributed by atoms with Gasteiger partial charge in [0.05, 0.1) is 36.0 Å². The average Bonchev–Trinajstić information content (AvgIpc) is 3.02. The standard InChI is InChI=1S/C20H31N5O3S/c1-15-17(11-24(3)22-15)10-23(2)12-18-9-21-20(29(26,27)14-16-6-7-16)25(18)13-19-5-4-8-28-19/h9,11,16,19H,4-8,10,12-14H2,1-3H3. The predicted octanol–water partition coefficient (Wildman–Crippen LogP) is 1.92. The monoisotopic (exact) mass is 421 g/mol. The molecule has 8 nitrogen and oxygen atoms in total. The first-order valence-corrected chi connectivity index (χ1v) is 12.0. The maximum Gasteiger partial charge on any atom is 0.227 e. The van der Waals surface area contributed by atoms with Gasteiger partial charge in [0.2, 0.25) is 15.0 Å². The number of aromatic nitrogens is 4. The van der Waals surface area contributed by atoms with Crippen LogP contribution in [0.5, 0.6) is 0 Å². The Morgan fingerprint density at radius 3 is 2.69 bits per heavy atom. The third-order valence-corrected chi connectivity index (χ3v) is 7.52. The minimum atomic E-state index is -3.38. The molecule has 3 heterocycles. The molecule has 9 heteroatoms. The number of aryl methyl sites for hydroxylation is 2. The summed E-state index contributed by atoms with van der Waals surface area (Å²) >= 11 is 0. The van der Waals surface area contributed by atoms with Gasteiger partial charge in [0.1, 0.15) is 0 Å². The van der Waals surface area contributed by atoms with E-state index < -0.39 is 9.84 Å². The zero-order valence-electron chi connectivity index (χ0n) is 17.5. The molecule has 2 aromatic heterocycles. The van der Waals surface area contributed by atoms with Gasteiger partial charge in [-0.05, 0) is 45.6 Å². The van der Waals surface area contributed by atoms with Crippen LogP contribution in [0.4, 0.5) is 0 Å². The summed E-state index contributed by atoms with van der Waals surface area (Å²) in [5.74, 6) is 0.507. The molecule has 0 amide bonds. The normalized spacial score (nSPS) is 20.1. The highest BCUT2D eigenvalue weighted by atomic mass is 32.2.